The first-order chi connectivity index (χ1) is 7.04. The van der Waals surface area contributed by atoms with Crippen molar-refractivity contribution in [3.05, 3.63) is 16.2 Å². The minimum Gasteiger partial charge on any atom is -0.324 e. The van der Waals surface area contributed by atoms with Gasteiger partial charge >= 0.3 is 0 Å². The molecular weight excluding hydrogens is 204 g/mol. The second-order valence-corrected chi connectivity index (χ2v) is 5.30. The monoisotopic (exact) mass is 224 g/mol. The van der Waals surface area contributed by atoms with Crippen LogP contribution in [0.2, 0.25) is 0 Å². The fraction of sp³-hybridized carbons (Fsp3) is 0.750. The number of rotatable bonds is 1. The van der Waals surface area contributed by atoms with Gasteiger partial charge in [0.2, 0.25) is 0 Å². The molecule has 0 amide bonds. The predicted molar refractivity (Wildman–Crippen MR) is 66.0 cm³/mol. The summed E-state index contributed by atoms with van der Waals surface area (Å²) in [6, 6.07) is 0.480. The zero-order valence-corrected chi connectivity index (χ0v) is 10.9. The summed E-state index contributed by atoms with van der Waals surface area (Å²) in [4.78, 5) is 0. The largest absolute Gasteiger partial charge is 0.324 e. The molecule has 1 heterocycles. The minimum absolute atomic E-state index is 0.480. The molecule has 1 atom stereocenters. The molecule has 1 aromatic heterocycles. The summed E-state index contributed by atoms with van der Waals surface area (Å²) in [5.74, 6) is 0.666. The third-order valence-electron chi connectivity index (χ3n) is 3.49. The van der Waals surface area contributed by atoms with Gasteiger partial charge in [-0.3, -0.25) is 0 Å². The van der Waals surface area contributed by atoms with E-state index in [2.05, 4.69) is 37.0 Å². The Morgan fingerprint density at radius 3 is 2.67 bits per heavy atom. The van der Waals surface area contributed by atoms with E-state index in [9.17, 15) is 0 Å². The normalized spacial score (nSPS) is 20.7. The second-order valence-electron chi connectivity index (χ2n) is 4.93. The lowest BCUT2D eigenvalue weighted by atomic mass is 9.91. The minimum atomic E-state index is 0.480. The van der Waals surface area contributed by atoms with E-state index in [1.165, 1.54) is 30.7 Å². The number of fused-ring (bicyclic) bond motifs is 1. The van der Waals surface area contributed by atoms with Crippen molar-refractivity contribution in [2.24, 2.45) is 7.05 Å². The molecule has 0 aliphatic heterocycles. The summed E-state index contributed by atoms with van der Waals surface area (Å²) in [6.45, 7) is 6.76. The molecule has 1 aromatic rings. The first-order valence-electron chi connectivity index (χ1n) is 5.84. The van der Waals surface area contributed by atoms with Gasteiger partial charge < -0.3 is 9.13 Å². The number of aromatic nitrogens is 2. The fourth-order valence-electron chi connectivity index (χ4n) is 2.72. The lowest BCUT2D eigenvalue weighted by Gasteiger charge is -2.23. The first kappa shape index (κ1) is 10.9. The van der Waals surface area contributed by atoms with E-state index >= 15 is 0 Å². The van der Waals surface area contributed by atoms with Crippen LogP contribution in [0, 0.1) is 4.77 Å². The quantitative estimate of drug-likeness (QED) is 0.663. The highest BCUT2D eigenvalue weighted by Gasteiger charge is 2.25. The van der Waals surface area contributed by atoms with Crippen molar-refractivity contribution in [2.45, 2.75) is 52.0 Å². The van der Waals surface area contributed by atoms with E-state index in [1.807, 2.05) is 0 Å². The molecule has 0 fully saturated rings. The Morgan fingerprint density at radius 2 is 2.07 bits per heavy atom. The maximum Gasteiger partial charge on any atom is 0.180 e. The number of imidazole rings is 1. The zero-order chi connectivity index (χ0) is 11.2. The van der Waals surface area contributed by atoms with Crippen LogP contribution in [0.1, 0.15) is 57.0 Å². The van der Waals surface area contributed by atoms with Crippen molar-refractivity contribution >= 4 is 12.2 Å². The molecule has 2 nitrogen and oxygen atoms in total. The van der Waals surface area contributed by atoms with Crippen LogP contribution in [-0.2, 0) is 13.5 Å². The molecule has 0 bridgehead atoms. The molecule has 3 heteroatoms. The SMILES string of the molecule is CC1CCCc2c1n(C(C)C)c(=S)n2C. The topological polar surface area (TPSA) is 9.86 Å². The van der Waals surface area contributed by atoms with Gasteiger partial charge in [-0.05, 0) is 51.2 Å². The van der Waals surface area contributed by atoms with Crippen LogP contribution in [0.25, 0.3) is 0 Å². The van der Waals surface area contributed by atoms with Crippen molar-refractivity contribution in [2.75, 3.05) is 0 Å². The van der Waals surface area contributed by atoms with Crippen molar-refractivity contribution in [1.82, 2.24) is 9.13 Å². The van der Waals surface area contributed by atoms with Gasteiger partial charge in [-0.1, -0.05) is 6.92 Å². The Balaban J connectivity index is 2.70. The van der Waals surface area contributed by atoms with Gasteiger partial charge in [0.05, 0.1) is 0 Å². The second kappa shape index (κ2) is 3.78. The maximum absolute atomic E-state index is 5.52. The molecule has 1 unspecified atom stereocenters. The Bertz CT molecular complexity index is 426. The van der Waals surface area contributed by atoms with Crippen molar-refractivity contribution in [1.29, 1.82) is 0 Å². The highest BCUT2D eigenvalue weighted by molar-refractivity contribution is 7.71. The number of hydrogen-bond donors (Lipinski definition) is 0. The molecule has 0 radical (unpaired) electrons. The molecule has 0 aromatic carbocycles. The molecule has 84 valence electrons. The molecule has 15 heavy (non-hydrogen) atoms. The highest BCUT2D eigenvalue weighted by atomic mass is 32.1. The van der Waals surface area contributed by atoms with Crippen LogP contribution in [-0.4, -0.2) is 9.13 Å². The van der Waals surface area contributed by atoms with Gasteiger partial charge in [0.15, 0.2) is 4.77 Å². The van der Waals surface area contributed by atoms with E-state index in [0.717, 1.165) is 4.77 Å². The van der Waals surface area contributed by atoms with Gasteiger partial charge in [0.1, 0.15) is 0 Å². The van der Waals surface area contributed by atoms with Gasteiger partial charge in [0, 0.05) is 24.5 Å². The van der Waals surface area contributed by atoms with Crippen LogP contribution in [0.3, 0.4) is 0 Å². The molecule has 1 aliphatic rings. The predicted octanol–water partition coefficient (Wildman–Crippen LogP) is 3.58. The third kappa shape index (κ3) is 1.57. The Labute approximate surface area is 96.9 Å². The van der Waals surface area contributed by atoms with E-state index in [0.29, 0.717) is 12.0 Å². The van der Waals surface area contributed by atoms with Gasteiger partial charge in [-0.25, -0.2) is 0 Å². The van der Waals surface area contributed by atoms with Crippen LogP contribution >= 0.6 is 12.2 Å². The van der Waals surface area contributed by atoms with Crippen LogP contribution in [0.15, 0.2) is 0 Å². The van der Waals surface area contributed by atoms with Crippen molar-refractivity contribution in [3.8, 4) is 0 Å². The molecular formula is C12H20N2S. The van der Waals surface area contributed by atoms with Gasteiger partial charge in [0.25, 0.3) is 0 Å². The summed E-state index contributed by atoms with van der Waals surface area (Å²) in [7, 11) is 2.11. The summed E-state index contributed by atoms with van der Waals surface area (Å²) >= 11 is 5.52. The molecule has 2 rings (SSSR count). The Kier molecular flexibility index (Phi) is 2.75. The van der Waals surface area contributed by atoms with Crippen molar-refractivity contribution < 1.29 is 0 Å². The summed E-state index contributed by atoms with van der Waals surface area (Å²) < 4.78 is 5.54. The van der Waals surface area contributed by atoms with Gasteiger partial charge in [-0.15, -0.1) is 0 Å². The standard InChI is InChI=1S/C12H20N2S/c1-8(2)14-11-9(3)6-5-7-10(11)13(4)12(14)15/h8-9H,5-7H2,1-4H3. The lowest BCUT2D eigenvalue weighted by molar-refractivity contribution is 0.499. The first-order valence-corrected chi connectivity index (χ1v) is 6.24. The third-order valence-corrected chi connectivity index (χ3v) is 3.96. The molecule has 0 spiro atoms. The van der Waals surface area contributed by atoms with E-state index in [1.54, 1.807) is 0 Å². The number of nitrogens with zero attached hydrogens (tertiary/aromatic N) is 2. The smallest absolute Gasteiger partial charge is 0.180 e. The number of hydrogen-bond acceptors (Lipinski definition) is 1. The average Bonchev–Trinajstić information content (AvgIpc) is 2.43. The molecule has 0 saturated heterocycles. The highest BCUT2D eigenvalue weighted by Crippen LogP contribution is 2.33. The fourth-order valence-corrected chi connectivity index (χ4v) is 3.14. The van der Waals surface area contributed by atoms with Crippen molar-refractivity contribution in [3.63, 3.8) is 0 Å². The summed E-state index contributed by atoms with van der Waals surface area (Å²) in [5.41, 5.74) is 2.95. The maximum atomic E-state index is 5.52. The van der Waals surface area contributed by atoms with E-state index < -0.39 is 0 Å². The average molecular weight is 224 g/mol. The molecule has 0 N–H and O–H groups in total. The summed E-state index contributed by atoms with van der Waals surface area (Å²) in [6.07, 6.45) is 3.80. The van der Waals surface area contributed by atoms with Gasteiger partial charge in [-0.2, -0.15) is 0 Å². The summed E-state index contributed by atoms with van der Waals surface area (Å²) in [5, 5.41) is 0. The Hall–Kier alpha value is -0.570. The Morgan fingerprint density at radius 1 is 1.40 bits per heavy atom. The molecule has 0 saturated carbocycles. The van der Waals surface area contributed by atoms with E-state index in [-0.39, 0.29) is 0 Å². The lowest BCUT2D eigenvalue weighted by Crippen LogP contribution is -2.14. The zero-order valence-electron chi connectivity index (χ0n) is 10.1. The van der Waals surface area contributed by atoms with Crippen LogP contribution in [0.5, 0.6) is 0 Å². The molecule has 1 aliphatic carbocycles. The van der Waals surface area contributed by atoms with Crippen LogP contribution < -0.4 is 0 Å². The van der Waals surface area contributed by atoms with E-state index in [4.69, 9.17) is 12.2 Å². The van der Waals surface area contributed by atoms with Crippen LogP contribution in [0.4, 0.5) is 0 Å².